The van der Waals surface area contributed by atoms with E-state index in [0.717, 1.165) is 15.8 Å². The maximum atomic E-state index is 12.5. The van der Waals surface area contributed by atoms with Crippen LogP contribution < -0.4 is 0 Å². The van der Waals surface area contributed by atoms with Gasteiger partial charge in [0.05, 0.1) is 0 Å². The topological polar surface area (TPSA) is 17.1 Å². The molecule has 3 aromatic rings. The van der Waals surface area contributed by atoms with E-state index < -0.39 is 0 Å². The van der Waals surface area contributed by atoms with Crippen LogP contribution in [0.15, 0.2) is 53.9 Å². The van der Waals surface area contributed by atoms with Gasteiger partial charge in [-0.25, -0.2) is 0 Å². The van der Waals surface area contributed by atoms with E-state index in [4.69, 9.17) is 0 Å². The number of rotatable bonds is 2. The van der Waals surface area contributed by atoms with Gasteiger partial charge in [0.1, 0.15) is 0 Å². The van der Waals surface area contributed by atoms with Crippen molar-refractivity contribution in [3.63, 3.8) is 0 Å². The van der Waals surface area contributed by atoms with Crippen molar-refractivity contribution in [1.29, 1.82) is 0 Å². The molecule has 0 N–H and O–H groups in total. The second-order valence-corrected chi connectivity index (χ2v) is 5.18. The Kier molecular flexibility index (Phi) is 2.73. The van der Waals surface area contributed by atoms with Gasteiger partial charge < -0.3 is 0 Å². The Labute approximate surface area is 110 Å². The van der Waals surface area contributed by atoms with Crippen LogP contribution in [-0.4, -0.2) is 5.78 Å². The predicted molar refractivity (Wildman–Crippen MR) is 76.4 cm³/mol. The van der Waals surface area contributed by atoms with Gasteiger partial charge in [-0.3, -0.25) is 4.79 Å². The molecule has 0 bridgehead atoms. The van der Waals surface area contributed by atoms with Gasteiger partial charge in [0.25, 0.3) is 0 Å². The first-order valence-electron chi connectivity index (χ1n) is 5.84. The lowest BCUT2D eigenvalue weighted by Crippen LogP contribution is -2.00. The summed E-state index contributed by atoms with van der Waals surface area (Å²) < 4.78 is 1.09. The molecule has 3 rings (SSSR count). The minimum absolute atomic E-state index is 0.100. The van der Waals surface area contributed by atoms with Crippen LogP contribution >= 0.6 is 11.3 Å². The number of hydrogen-bond acceptors (Lipinski definition) is 2. The van der Waals surface area contributed by atoms with Crippen molar-refractivity contribution in [1.82, 2.24) is 0 Å². The molecule has 0 fully saturated rings. The molecule has 0 saturated carbocycles. The van der Waals surface area contributed by atoms with Crippen molar-refractivity contribution >= 4 is 27.2 Å². The summed E-state index contributed by atoms with van der Waals surface area (Å²) in [5, 5.41) is 3.29. The molecule has 1 aromatic heterocycles. The first-order chi connectivity index (χ1) is 8.77. The molecule has 0 aliphatic heterocycles. The molecule has 88 valence electrons. The van der Waals surface area contributed by atoms with E-state index in [1.54, 1.807) is 11.3 Å². The van der Waals surface area contributed by atoms with Crippen LogP contribution in [0.4, 0.5) is 0 Å². The largest absolute Gasteiger partial charge is 0.289 e. The molecule has 2 heteroatoms. The van der Waals surface area contributed by atoms with Crippen molar-refractivity contribution in [2.24, 2.45) is 0 Å². The van der Waals surface area contributed by atoms with Gasteiger partial charge in [0.2, 0.25) is 0 Å². The quantitative estimate of drug-likeness (QED) is 0.616. The summed E-state index contributed by atoms with van der Waals surface area (Å²) in [6, 6.07) is 15.4. The van der Waals surface area contributed by atoms with Crippen LogP contribution in [0.2, 0.25) is 0 Å². The lowest BCUT2D eigenvalue weighted by Gasteiger charge is -2.02. The number of benzene rings is 2. The summed E-state index contributed by atoms with van der Waals surface area (Å²) in [4.78, 5) is 12.5. The van der Waals surface area contributed by atoms with Gasteiger partial charge in [-0.15, -0.1) is 11.3 Å². The number of ketones is 1. The van der Waals surface area contributed by atoms with Crippen molar-refractivity contribution in [2.75, 3.05) is 0 Å². The molecule has 0 aliphatic carbocycles. The highest BCUT2D eigenvalue weighted by atomic mass is 32.1. The van der Waals surface area contributed by atoms with E-state index in [9.17, 15) is 4.79 Å². The molecule has 0 unspecified atom stereocenters. The number of aryl methyl sites for hydroxylation is 1. The summed E-state index contributed by atoms with van der Waals surface area (Å²) in [5.41, 5.74) is 2.78. The third-order valence-electron chi connectivity index (χ3n) is 3.07. The molecule has 18 heavy (non-hydrogen) atoms. The third-order valence-corrected chi connectivity index (χ3v) is 4.22. The van der Waals surface area contributed by atoms with Gasteiger partial charge >= 0.3 is 0 Å². The van der Waals surface area contributed by atoms with E-state index >= 15 is 0 Å². The molecule has 2 aromatic carbocycles. The summed E-state index contributed by atoms with van der Waals surface area (Å²) in [5.74, 6) is 0.100. The van der Waals surface area contributed by atoms with Gasteiger partial charge in [-0.2, -0.15) is 0 Å². The Morgan fingerprint density at radius 3 is 2.56 bits per heavy atom. The number of carbonyl (C=O) groups excluding carboxylic acids is 1. The van der Waals surface area contributed by atoms with Gasteiger partial charge in [0.15, 0.2) is 5.78 Å². The standard InChI is InChI=1S/C16H12OS/c1-11-10-18-16-13(11)8-5-9-14(16)15(17)12-6-3-2-4-7-12/h2-10H,1H3. The summed E-state index contributed by atoms with van der Waals surface area (Å²) >= 11 is 1.64. The first kappa shape index (κ1) is 11.2. The zero-order valence-corrected chi connectivity index (χ0v) is 10.8. The van der Waals surface area contributed by atoms with E-state index in [1.165, 1.54) is 10.9 Å². The smallest absolute Gasteiger partial charge is 0.194 e. The molecule has 0 spiro atoms. The molecule has 0 aliphatic rings. The summed E-state index contributed by atoms with van der Waals surface area (Å²) in [7, 11) is 0. The molecule has 0 amide bonds. The molecule has 1 nitrogen and oxygen atoms in total. The fourth-order valence-corrected chi connectivity index (χ4v) is 3.17. The lowest BCUT2D eigenvalue weighted by atomic mass is 10.0. The fourth-order valence-electron chi connectivity index (χ4n) is 2.11. The average molecular weight is 252 g/mol. The van der Waals surface area contributed by atoms with Crippen molar-refractivity contribution in [3.05, 3.63) is 70.6 Å². The lowest BCUT2D eigenvalue weighted by molar-refractivity contribution is 0.104. The highest BCUT2D eigenvalue weighted by Crippen LogP contribution is 2.29. The van der Waals surface area contributed by atoms with E-state index in [0.29, 0.717) is 0 Å². The Hall–Kier alpha value is -1.93. The summed E-state index contributed by atoms with van der Waals surface area (Å²) in [6.45, 7) is 2.08. The predicted octanol–water partition coefficient (Wildman–Crippen LogP) is 4.44. The number of carbonyl (C=O) groups is 1. The van der Waals surface area contributed by atoms with E-state index in [-0.39, 0.29) is 5.78 Å². The Balaban J connectivity index is 2.18. The van der Waals surface area contributed by atoms with Crippen LogP contribution in [0.25, 0.3) is 10.1 Å². The minimum Gasteiger partial charge on any atom is -0.289 e. The fraction of sp³-hybridized carbons (Fsp3) is 0.0625. The number of thiophene rings is 1. The molecule has 1 heterocycles. The van der Waals surface area contributed by atoms with Crippen molar-refractivity contribution < 1.29 is 4.79 Å². The molecular weight excluding hydrogens is 240 g/mol. The maximum absolute atomic E-state index is 12.5. The zero-order valence-electron chi connectivity index (χ0n) is 10.0. The first-order valence-corrected chi connectivity index (χ1v) is 6.72. The molecular formula is C16H12OS. The Bertz CT molecular complexity index is 710. The van der Waals surface area contributed by atoms with Gasteiger partial charge in [-0.05, 0) is 29.3 Å². The Morgan fingerprint density at radius 1 is 1.00 bits per heavy atom. The highest BCUT2D eigenvalue weighted by Gasteiger charge is 2.13. The normalized spacial score (nSPS) is 10.7. The second kappa shape index (κ2) is 4.39. The monoisotopic (exact) mass is 252 g/mol. The SMILES string of the molecule is Cc1csc2c(C(=O)c3ccccc3)cccc12. The van der Waals surface area contributed by atoms with Gasteiger partial charge in [-0.1, -0.05) is 42.5 Å². The van der Waals surface area contributed by atoms with E-state index in [2.05, 4.69) is 18.4 Å². The Morgan fingerprint density at radius 2 is 1.78 bits per heavy atom. The summed E-state index contributed by atoms with van der Waals surface area (Å²) in [6.07, 6.45) is 0. The van der Waals surface area contributed by atoms with Gasteiger partial charge in [0, 0.05) is 15.8 Å². The van der Waals surface area contributed by atoms with Crippen LogP contribution in [0.1, 0.15) is 21.5 Å². The van der Waals surface area contributed by atoms with Crippen molar-refractivity contribution in [3.8, 4) is 0 Å². The van der Waals surface area contributed by atoms with E-state index in [1.807, 2.05) is 42.5 Å². The van der Waals surface area contributed by atoms with Crippen LogP contribution in [0.5, 0.6) is 0 Å². The zero-order chi connectivity index (χ0) is 12.5. The highest BCUT2D eigenvalue weighted by molar-refractivity contribution is 7.17. The average Bonchev–Trinajstić information content (AvgIpc) is 2.81. The van der Waals surface area contributed by atoms with Crippen LogP contribution in [0, 0.1) is 6.92 Å². The molecule has 0 atom stereocenters. The number of fused-ring (bicyclic) bond motifs is 1. The molecule has 0 radical (unpaired) electrons. The second-order valence-electron chi connectivity index (χ2n) is 4.30. The van der Waals surface area contributed by atoms with Crippen LogP contribution in [0.3, 0.4) is 0 Å². The third kappa shape index (κ3) is 1.75. The minimum atomic E-state index is 0.100. The van der Waals surface area contributed by atoms with Crippen molar-refractivity contribution in [2.45, 2.75) is 6.92 Å². The maximum Gasteiger partial charge on any atom is 0.194 e. The number of hydrogen-bond donors (Lipinski definition) is 0. The van der Waals surface area contributed by atoms with Crippen LogP contribution in [-0.2, 0) is 0 Å². The molecule has 0 saturated heterocycles.